The fraction of sp³-hybridized carbons (Fsp3) is 0.192. The molecule has 2 amide bonds. The topological polar surface area (TPSA) is 71.0 Å². The Morgan fingerprint density at radius 1 is 1.11 bits per heavy atom. The van der Waals surface area contributed by atoms with Crippen LogP contribution in [0.4, 0.5) is 15.8 Å². The molecule has 1 N–H and O–H groups in total. The molecule has 0 aromatic heterocycles. The molecule has 0 bridgehead atoms. The van der Waals surface area contributed by atoms with Crippen LogP contribution in [0, 0.1) is 9.39 Å². The van der Waals surface area contributed by atoms with Crippen LogP contribution in [0.25, 0.3) is 0 Å². The summed E-state index contributed by atoms with van der Waals surface area (Å²) in [6.07, 6.45) is 0.671. The molecule has 0 saturated carbocycles. The van der Waals surface area contributed by atoms with Crippen molar-refractivity contribution >= 4 is 62.7 Å². The van der Waals surface area contributed by atoms with Gasteiger partial charge in [0.05, 0.1) is 12.8 Å². The lowest BCUT2D eigenvalue weighted by Gasteiger charge is -2.32. The zero-order valence-corrected chi connectivity index (χ0v) is 21.9. The SMILES string of the molecule is COc1ccc(CCN2C(=O)CC(C(=O)Nc3ccc(I)cc3)SC2=Nc2ccc(F)cc2)cc1. The van der Waals surface area contributed by atoms with Gasteiger partial charge in [-0.05, 0) is 95.2 Å². The third kappa shape index (κ3) is 6.82. The first kappa shape index (κ1) is 25.2. The van der Waals surface area contributed by atoms with Gasteiger partial charge in [-0.15, -0.1) is 0 Å². The van der Waals surface area contributed by atoms with Crippen molar-refractivity contribution in [3.63, 3.8) is 0 Å². The van der Waals surface area contributed by atoms with E-state index >= 15 is 0 Å². The fourth-order valence-electron chi connectivity index (χ4n) is 3.48. The van der Waals surface area contributed by atoms with Crippen LogP contribution in [0.1, 0.15) is 12.0 Å². The first-order valence-corrected chi connectivity index (χ1v) is 12.9. The van der Waals surface area contributed by atoms with E-state index in [1.165, 1.54) is 23.9 Å². The average Bonchev–Trinajstić information content (AvgIpc) is 2.86. The minimum absolute atomic E-state index is 0.0614. The van der Waals surface area contributed by atoms with E-state index in [4.69, 9.17) is 4.74 Å². The monoisotopic (exact) mass is 603 g/mol. The van der Waals surface area contributed by atoms with E-state index in [0.717, 1.165) is 14.9 Å². The maximum atomic E-state index is 13.4. The van der Waals surface area contributed by atoms with Crippen LogP contribution in [0.2, 0.25) is 0 Å². The Bertz CT molecular complexity index is 1220. The lowest BCUT2D eigenvalue weighted by atomic mass is 10.1. The van der Waals surface area contributed by atoms with Crippen LogP contribution in [-0.2, 0) is 16.0 Å². The summed E-state index contributed by atoms with van der Waals surface area (Å²) in [5.74, 6) is -0.0431. The Balaban J connectivity index is 1.53. The molecule has 1 saturated heterocycles. The second-order valence-corrected chi connectivity index (χ2v) is 10.2. The molecule has 1 unspecified atom stereocenters. The Labute approximate surface area is 221 Å². The number of rotatable bonds is 7. The lowest BCUT2D eigenvalue weighted by Crippen LogP contribution is -2.46. The number of nitrogens with zero attached hydrogens (tertiary/aromatic N) is 2. The molecule has 6 nitrogen and oxygen atoms in total. The molecule has 1 fully saturated rings. The van der Waals surface area contributed by atoms with Crippen LogP contribution >= 0.6 is 34.4 Å². The highest BCUT2D eigenvalue weighted by molar-refractivity contribution is 14.1. The number of carbonyl (C=O) groups is 2. The second kappa shape index (κ2) is 11.7. The Hall–Kier alpha value is -2.92. The quantitative estimate of drug-likeness (QED) is 0.355. The Morgan fingerprint density at radius 2 is 1.80 bits per heavy atom. The number of hydrogen-bond acceptors (Lipinski definition) is 5. The van der Waals surface area contributed by atoms with Gasteiger partial charge in [-0.1, -0.05) is 23.9 Å². The molecular formula is C26H23FIN3O3S. The highest BCUT2D eigenvalue weighted by Crippen LogP contribution is 2.30. The number of ether oxygens (including phenoxy) is 1. The van der Waals surface area contributed by atoms with Crippen molar-refractivity contribution in [3.8, 4) is 5.75 Å². The standard InChI is InChI=1S/C26H23FIN3O3S/c1-34-22-12-2-17(3-13-22)14-15-31-24(32)16-23(25(33)29-20-10-6-19(28)7-11-20)35-26(31)30-21-8-4-18(27)5-9-21/h2-13,23H,14-16H2,1H3,(H,29,33). The van der Waals surface area contributed by atoms with E-state index in [9.17, 15) is 14.0 Å². The van der Waals surface area contributed by atoms with Gasteiger partial charge in [0.2, 0.25) is 11.8 Å². The average molecular weight is 603 g/mol. The molecule has 180 valence electrons. The van der Waals surface area contributed by atoms with E-state index in [2.05, 4.69) is 32.9 Å². The number of benzene rings is 3. The molecule has 1 atom stereocenters. The predicted molar refractivity (Wildman–Crippen MR) is 146 cm³/mol. The number of amides is 2. The Morgan fingerprint density at radius 3 is 2.46 bits per heavy atom. The summed E-state index contributed by atoms with van der Waals surface area (Å²) >= 11 is 3.44. The molecule has 1 aliphatic heterocycles. The van der Waals surface area contributed by atoms with Gasteiger partial charge in [-0.25, -0.2) is 9.38 Å². The van der Waals surface area contributed by atoms with E-state index in [1.807, 2.05) is 48.5 Å². The third-order valence-electron chi connectivity index (χ3n) is 5.38. The first-order chi connectivity index (χ1) is 16.9. The first-order valence-electron chi connectivity index (χ1n) is 10.9. The molecule has 0 aliphatic carbocycles. The summed E-state index contributed by atoms with van der Waals surface area (Å²) < 4.78 is 19.6. The molecule has 0 radical (unpaired) electrons. The maximum absolute atomic E-state index is 13.4. The van der Waals surface area contributed by atoms with Crippen LogP contribution in [0.15, 0.2) is 77.8 Å². The molecule has 9 heteroatoms. The highest BCUT2D eigenvalue weighted by Gasteiger charge is 2.35. The largest absolute Gasteiger partial charge is 0.497 e. The van der Waals surface area contributed by atoms with Crippen molar-refractivity contribution in [2.75, 3.05) is 19.0 Å². The van der Waals surface area contributed by atoms with Gasteiger partial charge in [-0.3, -0.25) is 14.5 Å². The number of methoxy groups -OCH3 is 1. The van der Waals surface area contributed by atoms with Gasteiger partial charge in [0.25, 0.3) is 0 Å². The lowest BCUT2D eigenvalue weighted by molar-refractivity contribution is -0.129. The van der Waals surface area contributed by atoms with E-state index in [-0.39, 0.29) is 24.1 Å². The van der Waals surface area contributed by atoms with Gasteiger partial charge < -0.3 is 10.1 Å². The van der Waals surface area contributed by atoms with Crippen LogP contribution in [0.3, 0.4) is 0 Å². The highest BCUT2D eigenvalue weighted by atomic mass is 127. The number of halogens is 2. The summed E-state index contributed by atoms with van der Waals surface area (Å²) in [6.45, 7) is 0.406. The van der Waals surface area contributed by atoms with E-state index < -0.39 is 5.25 Å². The molecule has 0 spiro atoms. The number of carbonyl (C=O) groups excluding carboxylic acids is 2. The molecule has 3 aromatic carbocycles. The number of anilines is 1. The molecule has 3 aromatic rings. The van der Waals surface area contributed by atoms with E-state index in [1.54, 1.807) is 24.1 Å². The van der Waals surface area contributed by atoms with Crippen molar-refractivity contribution in [1.82, 2.24) is 4.90 Å². The van der Waals surface area contributed by atoms with Crippen molar-refractivity contribution in [1.29, 1.82) is 0 Å². The zero-order valence-electron chi connectivity index (χ0n) is 18.9. The normalized spacial score (nSPS) is 16.9. The molecule has 1 aliphatic rings. The van der Waals surface area contributed by atoms with Gasteiger partial charge >= 0.3 is 0 Å². The summed E-state index contributed by atoms with van der Waals surface area (Å²) in [7, 11) is 1.61. The minimum Gasteiger partial charge on any atom is -0.497 e. The van der Waals surface area contributed by atoms with Crippen molar-refractivity contribution in [2.45, 2.75) is 18.1 Å². The number of amidine groups is 1. The predicted octanol–water partition coefficient (Wildman–Crippen LogP) is 5.64. The van der Waals surface area contributed by atoms with Crippen LogP contribution in [0.5, 0.6) is 5.75 Å². The number of hydrogen-bond donors (Lipinski definition) is 1. The summed E-state index contributed by atoms with van der Waals surface area (Å²) in [4.78, 5) is 32.3. The number of aliphatic imine (C=N–C) groups is 1. The second-order valence-electron chi connectivity index (χ2n) is 7.82. The van der Waals surface area contributed by atoms with E-state index in [0.29, 0.717) is 29.5 Å². The third-order valence-corrected chi connectivity index (χ3v) is 7.29. The van der Waals surface area contributed by atoms with Gasteiger partial charge in [0.15, 0.2) is 5.17 Å². The van der Waals surface area contributed by atoms with Crippen molar-refractivity contribution in [2.24, 2.45) is 4.99 Å². The van der Waals surface area contributed by atoms with Crippen LogP contribution in [-0.4, -0.2) is 40.8 Å². The van der Waals surface area contributed by atoms with Crippen molar-refractivity contribution < 1.29 is 18.7 Å². The van der Waals surface area contributed by atoms with Crippen LogP contribution < -0.4 is 10.1 Å². The minimum atomic E-state index is -0.627. The molecule has 1 heterocycles. The summed E-state index contributed by atoms with van der Waals surface area (Å²) in [5.41, 5.74) is 2.22. The van der Waals surface area contributed by atoms with Gasteiger partial charge in [-0.2, -0.15) is 0 Å². The molecule has 4 rings (SSSR count). The smallest absolute Gasteiger partial charge is 0.238 e. The number of thioether (sulfide) groups is 1. The summed E-state index contributed by atoms with van der Waals surface area (Å²) in [5, 5.41) is 2.68. The number of nitrogens with one attached hydrogen (secondary N) is 1. The van der Waals surface area contributed by atoms with Crippen molar-refractivity contribution in [3.05, 3.63) is 87.7 Å². The maximum Gasteiger partial charge on any atom is 0.238 e. The fourth-order valence-corrected chi connectivity index (χ4v) is 4.96. The molecule has 35 heavy (non-hydrogen) atoms. The Kier molecular flexibility index (Phi) is 8.40. The molecular weight excluding hydrogens is 580 g/mol. The summed E-state index contributed by atoms with van der Waals surface area (Å²) in [6, 6.07) is 20.8. The van der Waals surface area contributed by atoms with Gasteiger partial charge in [0, 0.05) is 22.2 Å². The van der Waals surface area contributed by atoms with Gasteiger partial charge in [0.1, 0.15) is 16.8 Å². The zero-order chi connectivity index (χ0) is 24.8.